The maximum absolute atomic E-state index is 13.0. The highest BCUT2D eigenvalue weighted by molar-refractivity contribution is 7.13. The molecule has 1 aliphatic heterocycles. The summed E-state index contributed by atoms with van der Waals surface area (Å²) in [7, 11) is 0. The van der Waals surface area contributed by atoms with Crippen LogP contribution in [0.1, 0.15) is 59.5 Å². The van der Waals surface area contributed by atoms with E-state index in [2.05, 4.69) is 14.9 Å². The number of rotatable bonds is 9. The molecule has 2 aromatic heterocycles. The zero-order chi connectivity index (χ0) is 24.2. The number of halogens is 2. The van der Waals surface area contributed by atoms with Crippen LogP contribution in [-0.2, 0) is 13.0 Å². The van der Waals surface area contributed by atoms with Gasteiger partial charge in [-0.05, 0) is 49.8 Å². The number of carbonyl (C=O) groups excluding carboxylic acids is 1. The highest BCUT2D eigenvalue weighted by Gasteiger charge is 2.26. The Morgan fingerprint density at radius 1 is 1.14 bits per heavy atom. The highest BCUT2D eigenvalue weighted by atomic mass is 32.1. The third-order valence-electron chi connectivity index (χ3n) is 7.36. The van der Waals surface area contributed by atoms with E-state index in [0.717, 1.165) is 65.9 Å². The lowest BCUT2D eigenvalue weighted by molar-refractivity contribution is 0.0816. The molecule has 1 aliphatic carbocycles. The van der Waals surface area contributed by atoms with Crippen molar-refractivity contribution < 1.29 is 18.3 Å². The van der Waals surface area contributed by atoms with Gasteiger partial charge in [-0.2, -0.15) is 0 Å². The van der Waals surface area contributed by atoms with E-state index in [1.807, 2.05) is 30.3 Å². The molecule has 0 N–H and O–H groups in total. The summed E-state index contributed by atoms with van der Waals surface area (Å²) in [5, 5.41) is 1.32. The Labute approximate surface area is 208 Å². The van der Waals surface area contributed by atoms with Crippen LogP contribution in [0.4, 0.5) is 8.78 Å². The zero-order valence-corrected chi connectivity index (χ0v) is 20.6. The number of pyridine rings is 1. The van der Waals surface area contributed by atoms with E-state index in [1.165, 1.54) is 30.6 Å². The van der Waals surface area contributed by atoms with Crippen LogP contribution >= 0.6 is 11.3 Å². The minimum atomic E-state index is -2.48. The van der Waals surface area contributed by atoms with Crippen molar-refractivity contribution >= 4 is 28.0 Å². The molecule has 1 saturated carbocycles. The van der Waals surface area contributed by atoms with Gasteiger partial charge in [-0.1, -0.05) is 42.4 Å². The normalized spacial score (nSPS) is 20.8. The largest absolute Gasteiger partial charge is 0.464 e. The minimum absolute atomic E-state index is 0.234. The molecule has 1 aromatic carbocycles. The van der Waals surface area contributed by atoms with Crippen molar-refractivity contribution in [3.8, 4) is 5.19 Å². The van der Waals surface area contributed by atoms with Crippen molar-refractivity contribution in [1.29, 1.82) is 0 Å². The van der Waals surface area contributed by atoms with Crippen molar-refractivity contribution in [3.63, 3.8) is 0 Å². The molecule has 0 radical (unpaired) electrons. The number of hydrogen-bond donors (Lipinski definition) is 0. The Morgan fingerprint density at radius 3 is 2.80 bits per heavy atom. The first-order valence-electron chi connectivity index (χ1n) is 12.5. The Morgan fingerprint density at radius 2 is 1.97 bits per heavy atom. The van der Waals surface area contributed by atoms with Crippen LogP contribution in [-0.4, -0.2) is 46.8 Å². The van der Waals surface area contributed by atoms with Gasteiger partial charge in [-0.25, -0.2) is 13.8 Å². The summed E-state index contributed by atoms with van der Waals surface area (Å²) in [6.07, 6.45) is 6.52. The molecule has 0 spiro atoms. The maximum Gasteiger partial charge on any atom is 0.273 e. The molecule has 0 saturated heterocycles. The second-order valence-corrected chi connectivity index (χ2v) is 10.8. The number of aromatic nitrogens is 2. The topological polar surface area (TPSA) is 55.3 Å². The molecule has 0 amide bonds. The smallest absolute Gasteiger partial charge is 0.273 e. The number of benzene rings is 1. The first-order chi connectivity index (χ1) is 17.0. The molecule has 5 rings (SSSR count). The lowest BCUT2D eigenvalue weighted by atomic mass is 9.78. The van der Waals surface area contributed by atoms with Gasteiger partial charge < -0.3 is 4.74 Å². The van der Waals surface area contributed by atoms with Crippen LogP contribution < -0.4 is 4.74 Å². The fourth-order valence-electron chi connectivity index (χ4n) is 5.42. The van der Waals surface area contributed by atoms with Gasteiger partial charge in [-0.3, -0.25) is 14.7 Å². The molecule has 0 atom stereocenters. The lowest BCUT2D eigenvalue weighted by Crippen LogP contribution is -2.32. The summed E-state index contributed by atoms with van der Waals surface area (Å²) >= 11 is 1.40. The van der Waals surface area contributed by atoms with Crippen LogP contribution in [0.2, 0.25) is 0 Å². The lowest BCUT2D eigenvalue weighted by Gasteiger charge is -2.31. The third kappa shape index (κ3) is 6.04. The third-order valence-corrected chi connectivity index (χ3v) is 8.36. The molecular weight excluding hydrogens is 468 g/mol. The molecule has 186 valence electrons. The SMILES string of the molecule is O=C(CC1CCC(CCN2CCc3nc(OCC(F)F)sc3C2)CC1)c1cccc2ncccc12. The predicted octanol–water partition coefficient (Wildman–Crippen LogP) is 6.16. The van der Waals surface area contributed by atoms with Crippen LogP contribution in [0.3, 0.4) is 0 Å². The number of nitrogens with zero attached hydrogens (tertiary/aromatic N) is 3. The fourth-order valence-corrected chi connectivity index (χ4v) is 6.43. The molecule has 3 aromatic rings. The van der Waals surface area contributed by atoms with Gasteiger partial charge in [0.05, 0.1) is 11.2 Å². The summed E-state index contributed by atoms with van der Waals surface area (Å²) in [5.41, 5.74) is 2.68. The summed E-state index contributed by atoms with van der Waals surface area (Å²) in [6, 6.07) is 9.68. The van der Waals surface area contributed by atoms with Crippen molar-refractivity contribution in [2.45, 2.75) is 57.9 Å². The van der Waals surface area contributed by atoms with Crippen LogP contribution in [0, 0.1) is 11.8 Å². The second-order valence-electron chi connectivity index (χ2n) is 9.76. The number of thiazole rings is 1. The molecule has 0 bridgehead atoms. The number of alkyl halides is 2. The predicted molar refractivity (Wildman–Crippen MR) is 133 cm³/mol. The van der Waals surface area contributed by atoms with Gasteiger partial charge in [0.15, 0.2) is 12.4 Å². The number of hydrogen-bond acceptors (Lipinski definition) is 6. The number of fused-ring (bicyclic) bond motifs is 2. The zero-order valence-electron chi connectivity index (χ0n) is 19.8. The number of ketones is 1. The number of carbonyl (C=O) groups is 1. The maximum atomic E-state index is 13.0. The molecule has 1 fully saturated rings. The molecule has 0 unspecified atom stereocenters. The van der Waals surface area contributed by atoms with Gasteiger partial charge in [0.25, 0.3) is 11.6 Å². The quantitative estimate of drug-likeness (QED) is 0.330. The van der Waals surface area contributed by atoms with Gasteiger partial charge in [0, 0.05) is 48.0 Å². The Kier molecular flexibility index (Phi) is 7.68. The minimum Gasteiger partial charge on any atom is -0.464 e. The van der Waals surface area contributed by atoms with Crippen molar-refractivity contribution in [2.24, 2.45) is 11.8 Å². The van der Waals surface area contributed by atoms with E-state index in [-0.39, 0.29) is 5.78 Å². The van der Waals surface area contributed by atoms with Crippen molar-refractivity contribution in [3.05, 3.63) is 52.7 Å². The summed E-state index contributed by atoms with van der Waals surface area (Å²) in [6.45, 7) is 2.23. The first kappa shape index (κ1) is 24.3. The number of Topliss-reactive ketones (excluding diaryl/α,β-unsaturated/α-hetero) is 1. The van der Waals surface area contributed by atoms with E-state index in [1.54, 1.807) is 6.20 Å². The molecule has 3 heterocycles. The summed E-state index contributed by atoms with van der Waals surface area (Å²) in [4.78, 5) is 25.4. The highest BCUT2D eigenvalue weighted by Crippen LogP contribution is 2.35. The molecule has 5 nitrogen and oxygen atoms in total. The van der Waals surface area contributed by atoms with E-state index in [0.29, 0.717) is 23.5 Å². The van der Waals surface area contributed by atoms with E-state index in [9.17, 15) is 13.6 Å². The Balaban J connectivity index is 1.06. The first-order valence-corrected chi connectivity index (χ1v) is 13.4. The molecule has 2 aliphatic rings. The average Bonchev–Trinajstić information content (AvgIpc) is 3.29. The van der Waals surface area contributed by atoms with E-state index >= 15 is 0 Å². The van der Waals surface area contributed by atoms with Gasteiger partial charge in [-0.15, -0.1) is 0 Å². The molecular formula is C27H31F2N3O2S. The van der Waals surface area contributed by atoms with Crippen LogP contribution in [0.25, 0.3) is 10.9 Å². The fraction of sp³-hybridized carbons (Fsp3) is 0.519. The summed E-state index contributed by atoms with van der Waals surface area (Å²) in [5.74, 6) is 1.40. The molecule has 8 heteroatoms. The van der Waals surface area contributed by atoms with Gasteiger partial charge in [0.2, 0.25) is 0 Å². The van der Waals surface area contributed by atoms with Crippen LogP contribution in [0.5, 0.6) is 5.19 Å². The van der Waals surface area contributed by atoms with E-state index < -0.39 is 13.0 Å². The summed E-state index contributed by atoms with van der Waals surface area (Å²) < 4.78 is 29.9. The Bertz CT molecular complexity index is 1160. The van der Waals surface area contributed by atoms with E-state index in [4.69, 9.17) is 4.74 Å². The standard InChI is InChI=1S/C27H31F2N3O2S/c28-26(29)17-34-27-31-23-11-14-32(16-25(23)35-27)13-10-18-6-8-19(9-7-18)15-24(33)21-3-1-5-22-20(21)4-2-12-30-22/h1-5,12,18-19,26H,6-11,13-17H2. The average molecular weight is 500 g/mol. The molecule has 35 heavy (non-hydrogen) atoms. The second kappa shape index (κ2) is 11.1. The van der Waals surface area contributed by atoms with Crippen molar-refractivity contribution in [2.75, 3.05) is 19.7 Å². The van der Waals surface area contributed by atoms with Gasteiger partial charge >= 0.3 is 0 Å². The number of ether oxygens (including phenoxy) is 1. The van der Waals surface area contributed by atoms with Crippen LogP contribution in [0.15, 0.2) is 36.5 Å². The van der Waals surface area contributed by atoms with Gasteiger partial charge in [0.1, 0.15) is 0 Å². The Hall–Kier alpha value is -2.45. The van der Waals surface area contributed by atoms with Crippen molar-refractivity contribution in [1.82, 2.24) is 14.9 Å². The monoisotopic (exact) mass is 499 g/mol.